The Balaban J connectivity index is 2.21. The first kappa shape index (κ1) is 14.6. The van der Waals surface area contributed by atoms with Crippen LogP contribution in [0.1, 0.15) is 22.7 Å². The zero-order chi connectivity index (χ0) is 15.7. The van der Waals surface area contributed by atoms with E-state index in [4.69, 9.17) is 15.2 Å². The molecular weight excluding hydrogens is 348 g/mol. The van der Waals surface area contributed by atoms with Crippen molar-refractivity contribution >= 4 is 15.9 Å². The summed E-state index contributed by atoms with van der Waals surface area (Å²) in [6, 6.07) is 9.89. The van der Waals surface area contributed by atoms with Crippen molar-refractivity contribution in [3.63, 3.8) is 0 Å². The molecule has 0 spiro atoms. The van der Waals surface area contributed by atoms with Gasteiger partial charge in [-0.15, -0.1) is 5.10 Å². The Hall–Kier alpha value is -2.30. The number of fused-ring (bicyclic) bond motifs is 1. The molecule has 7 heteroatoms. The molecule has 0 saturated carbocycles. The second kappa shape index (κ2) is 5.83. The van der Waals surface area contributed by atoms with Gasteiger partial charge in [0.25, 0.3) is 0 Å². The normalized spacial score (nSPS) is 16.9. The van der Waals surface area contributed by atoms with Crippen LogP contribution in [0.25, 0.3) is 0 Å². The number of rotatable bonds is 3. The third kappa shape index (κ3) is 2.36. The number of allylic oxidation sites excluding steroid dienone is 1. The van der Waals surface area contributed by atoms with Crippen molar-refractivity contribution in [3.8, 4) is 11.9 Å². The number of halogens is 1. The first-order valence-electron chi connectivity index (χ1n) is 6.54. The van der Waals surface area contributed by atoms with Gasteiger partial charge in [-0.2, -0.15) is 5.26 Å². The van der Waals surface area contributed by atoms with Crippen LogP contribution >= 0.6 is 15.9 Å². The minimum absolute atomic E-state index is 0.0791. The number of benzene rings is 1. The molecule has 1 atom stereocenters. The van der Waals surface area contributed by atoms with Gasteiger partial charge in [0.05, 0.1) is 23.8 Å². The molecule has 3 N–H and O–H groups in total. The summed E-state index contributed by atoms with van der Waals surface area (Å²) < 4.78 is 11.6. The molecule has 0 saturated heterocycles. The second-order valence-corrected chi connectivity index (χ2v) is 5.75. The van der Waals surface area contributed by atoms with Crippen molar-refractivity contribution in [1.29, 1.82) is 5.26 Å². The molecule has 6 nitrogen and oxygen atoms in total. The number of nitrogens with two attached hydrogens (primary N) is 1. The van der Waals surface area contributed by atoms with Gasteiger partial charge in [-0.3, -0.25) is 5.10 Å². The van der Waals surface area contributed by atoms with E-state index in [2.05, 4.69) is 32.2 Å². The van der Waals surface area contributed by atoms with Gasteiger partial charge in [-0.05, 0) is 17.7 Å². The Kier molecular flexibility index (Phi) is 3.88. The third-order valence-corrected chi connectivity index (χ3v) is 3.98. The summed E-state index contributed by atoms with van der Waals surface area (Å²) in [7, 11) is 1.60. The fraction of sp³-hybridized carbons (Fsp3) is 0.200. The molecular formula is C15H13BrN4O2. The van der Waals surface area contributed by atoms with Crippen LogP contribution in [0, 0.1) is 11.3 Å². The van der Waals surface area contributed by atoms with Gasteiger partial charge in [0, 0.05) is 11.6 Å². The molecule has 1 aliphatic heterocycles. The monoisotopic (exact) mass is 360 g/mol. The van der Waals surface area contributed by atoms with Crippen LogP contribution in [0.15, 0.2) is 40.2 Å². The van der Waals surface area contributed by atoms with Crippen LogP contribution in [0.4, 0.5) is 0 Å². The largest absolute Gasteiger partial charge is 0.420 e. The van der Waals surface area contributed by atoms with Crippen LogP contribution in [-0.4, -0.2) is 17.3 Å². The van der Waals surface area contributed by atoms with E-state index in [0.29, 0.717) is 18.1 Å². The van der Waals surface area contributed by atoms with Crippen LogP contribution in [-0.2, 0) is 11.3 Å². The molecule has 2 heterocycles. The number of H-pyrrole nitrogens is 1. The summed E-state index contributed by atoms with van der Waals surface area (Å²) in [5, 5.41) is 16.5. The van der Waals surface area contributed by atoms with Gasteiger partial charge in [0.1, 0.15) is 11.6 Å². The van der Waals surface area contributed by atoms with Crippen molar-refractivity contribution in [2.24, 2.45) is 5.73 Å². The van der Waals surface area contributed by atoms with Crippen LogP contribution in [0.5, 0.6) is 5.88 Å². The lowest BCUT2D eigenvalue weighted by Crippen LogP contribution is -2.21. The van der Waals surface area contributed by atoms with Crippen LogP contribution in [0.3, 0.4) is 0 Å². The van der Waals surface area contributed by atoms with Crippen molar-refractivity contribution in [2.75, 3.05) is 7.11 Å². The Labute approximate surface area is 135 Å². The predicted octanol–water partition coefficient (Wildman–Crippen LogP) is 2.54. The molecule has 1 aromatic heterocycles. The number of nitrogens with zero attached hydrogens (tertiary/aromatic N) is 2. The minimum atomic E-state index is -0.338. The summed E-state index contributed by atoms with van der Waals surface area (Å²) in [5.41, 5.74) is 8.73. The van der Waals surface area contributed by atoms with Gasteiger partial charge >= 0.3 is 0 Å². The summed E-state index contributed by atoms with van der Waals surface area (Å²) in [5.74, 6) is 0.124. The molecule has 1 aromatic carbocycles. The zero-order valence-electron chi connectivity index (χ0n) is 11.8. The molecule has 3 rings (SSSR count). The Bertz CT molecular complexity index is 791. The van der Waals surface area contributed by atoms with Gasteiger partial charge < -0.3 is 15.2 Å². The minimum Gasteiger partial charge on any atom is -0.420 e. The molecule has 2 aromatic rings. The highest BCUT2D eigenvalue weighted by atomic mass is 79.9. The molecule has 22 heavy (non-hydrogen) atoms. The predicted molar refractivity (Wildman–Crippen MR) is 82.7 cm³/mol. The number of nitriles is 1. The first-order chi connectivity index (χ1) is 10.7. The van der Waals surface area contributed by atoms with E-state index in [1.54, 1.807) is 7.11 Å². The second-order valence-electron chi connectivity index (χ2n) is 4.83. The highest BCUT2D eigenvalue weighted by molar-refractivity contribution is 9.10. The number of methoxy groups -OCH3 is 1. The van der Waals surface area contributed by atoms with E-state index < -0.39 is 0 Å². The van der Waals surface area contributed by atoms with E-state index >= 15 is 0 Å². The summed E-state index contributed by atoms with van der Waals surface area (Å²) >= 11 is 3.46. The molecule has 0 radical (unpaired) electrons. The number of hydrogen-bond donors (Lipinski definition) is 2. The van der Waals surface area contributed by atoms with Gasteiger partial charge in [0.15, 0.2) is 0 Å². The fourth-order valence-corrected chi connectivity index (χ4v) is 3.00. The zero-order valence-corrected chi connectivity index (χ0v) is 13.3. The molecule has 0 unspecified atom stereocenters. The van der Waals surface area contributed by atoms with Crippen LogP contribution in [0.2, 0.25) is 0 Å². The summed E-state index contributed by atoms with van der Waals surface area (Å²) in [6.45, 7) is 0.342. The maximum atomic E-state index is 9.50. The SMILES string of the molecule is COCc1[nH]nc2c1[C@H](c1cccc(Br)c1)C(C#N)=C(N)O2. The number of ether oxygens (including phenoxy) is 2. The van der Waals surface area contributed by atoms with Crippen molar-refractivity contribution < 1.29 is 9.47 Å². The number of nitrogens with one attached hydrogen (secondary N) is 1. The van der Waals surface area contributed by atoms with Gasteiger partial charge in [0.2, 0.25) is 11.8 Å². The standard InChI is InChI=1S/C15H13BrN4O2/c1-21-7-11-13-12(8-3-2-4-9(16)5-8)10(6-17)14(18)22-15(13)20-19-11/h2-5,12H,7,18H2,1H3,(H,19,20)/t12-/m1/s1. The Morgan fingerprint density at radius 1 is 1.55 bits per heavy atom. The van der Waals surface area contributed by atoms with Crippen molar-refractivity contribution in [1.82, 2.24) is 10.2 Å². The average Bonchev–Trinajstić information content (AvgIpc) is 2.88. The van der Waals surface area contributed by atoms with E-state index in [9.17, 15) is 5.26 Å². The van der Waals surface area contributed by atoms with E-state index in [1.165, 1.54) is 0 Å². The average molecular weight is 361 g/mol. The number of aromatic nitrogens is 2. The first-order valence-corrected chi connectivity index (χ1v) is 7.34. The Morgan fingerprint density at radius 3 is 3.05 bits per heavy atom. The number of aromatic amines is 1. The fourth-order valence-electron chi connectivity index (χ4n) is 2.58. The lowest BCUT2D eigenvalue weighted by atomic mass is 9.84. The molecule has 0 bridgehead atoms. The Morgan fingerprint density at radius 2 is 2.36 bits per heavy atom. The van der Waals surface area contributed by atoms with Crippen LogP contribution < -0.4 is 10.5 Å². The highest BCUT2D eigenvalue weighted by Gasteiger charge is 2.35. The lowest BCUT2D eigenvalue weighted by Gasteiger charge is -2.24. The van der Waals surface area contributed by atoms with E-state index in [1.807, 2.05) is 24.3 Å². The van der Waals surface area contributed by atoms with Gasteiger partial charge in [-0.25, -0.2) is 0 Å². The molecule has 1 aliphatic rings. The van der Waals surface area contributed by atoms with Crippen molar-refractivity contribution in [2.45, 2.75) is 12.5 Å². The maximum Gasteiger partial charge on any atom is 0.244 e. The molecule has 0 fully saturated rings. The van der Waals surface area contributed by atoms with E-state index in [-0.39, 0.29) is 11.8 Å². The summed E-state index contributed by atoms with van der Waals surface area (Å²) in [6.07, 6.45) is 0. The molecule has 0 aliphatic carbocycles. The van der Waals surface area contributed by atoms with Gasteiger partial charge in [-0.1, -0.05) is 28.1 Å². The van der Waals surface area contributed by atoms with E-state index in [0.717, 1.165) is 21.3 Å². The summed E-state index contributed by atoms with van der Waals surface area (Å²) in [4.78, 5) is 0. The highest BCUT2D eigenvalue weighted by Crippen LogP contribution is 2.43. The topological polar surface area (TPSA) is 97.0 Å². The number of hydrogen-bond acceptors (Lipinski definition) is 5. The smallest absolute Gasteiger partial charge is 0.244 e. The third-order valence-electron chi connectivity index (χ3n) is 3.49. The molecule has 0 amide bonds. The van der Waals surface area contributed by atoms with Crippen molar-refractivity contribution in [3.05, 3.63) is 57.0 Å². The molecule has 112 valence electrons. The maximum absolute atomic E-state index is 9.50. The lowest BCUT2D eigenvalue weighted by molar-refractivity contribution is 0.180. The quantitative estimate of drug-likeness (QED) is 0.876.